The third kappa shape index (κ3) is 3.49. The number of rotatable bonds is 3. The van der Waals surface area contributed by atoms with Gasteiger partial charge in [-0.25, -0.2) is 9.97 Å². The predicted octanol–water partition coefficient (Wildman–Crippen LogP) is 2.43. The summed E-state index contributed by atoms with van der Waals surface area (Å²) in [6.45, 7) is 2.03. The maximum atomic E-state index is 12.8. The number of carbonyl (C=O) groups is 1. The zero-order valence-electron chi connectivity index (χ0n) is 15.5. The van der Waals surface area contributed by atoms with E-state index < -0.39 is 0 Å². The molecule has 1 aliphatic carbocycles. The Balaban J connectivity index is 1.60. The molecule has 28 heavy (non-hydrogen) atoms. The fourth-order valence-electron chi connectivity index (χ4n) is 3.56. The number of hydrogen-bond acceptors (Lipinski definition) is 5. The van der Waals surface area contributed by atoms with Crippen LogP contribution >= 0.6 is 0 Å². The molecule has 7 heteroatoms. The first-order chi connectivity index (χ1) is 13.5. The van der Waals surface area contributed by atoms with E-state index in [1.807, 2.05) is 12.1 Å². The van der Waals surface area contributed by atoms with Crippen LogP contribution in [0.2, 0.25) is 0 Å². The number of carbonyl (C=O) groups excluding carboxylic acids is 1. The van der Waals surface area contributed by atoms with Gasteiger partial charge in [0.25, 0.3) is 5.56 Å². The highest BCUT2D eigenvalue weighted by Crippen LogP contribution is 2.25. The summed E-state index contributed by atoms with van der Waals surface area (Å²) in [4.78, 5) is 34.0. The first-order valence-corrected chi connectivity index (χ1v) is 9.21. The minimum absolute atomic E-state index is 0.161. The molecule has 0 saturated carbocycles. The van der Waals surface area contributed by atoms with Crippen LogP contribution < -0.4 is 10.9 Å². The average molecular weight is 373 g/mol. The van der Waals surface area contributed by atoms with Gasteiger partial charge < -0.3 is 5.32 Å². The number of amides is 1. The number of nitriles is 1. The Morgan fingerprint density at radius 3 is 3.07 bits per heavy atom. The van der Waals surface area contributed by atoms with Gasteiger partial charge >= 0.3 is 0 Å². The summed E-state index contributed by atoms with van der Waals surface area (Å²) >= 11 is 0. The molecule has 0 unspecified atom stereocenters. The molecule has 140 valence electrons. The first-order valence-electron chi connectivity index (χ1n) is 9.21. The predicted molar refractivity (Wildman–Crippen MR) is 105 cm³/mol. The number of aryl methyl sites for hydroxylation is 1. The van der Waals surface area contributed by atoms with Crippen LogP contribution in [0.25, 0.3) is 11.0 Å². The summed E-state index contributed by atoms with van der Waals surface area (Å²) in [6.07, 6.45) is 4.26. The number of benzene rings is 1. The molecule has 1 amide bonds. The summed E-state index contributed by atoms with van der Waals surface area (Å²) in [5.41, 5.74) is 3.23. The molecule has 0 saturated heterocycles. The van der Waals surface area contributed by atoms with Crippen LogP contribution in [0.4, 0.5) is 5.69 Å². The summed E-state index contributed by atoms with van der Waals surface area (Å²) in [5, 5.41) is 12.1. The van der Waals surface area contributed by atoms with Gasteiger partial charge in [-0.1, -0.05) is 13.0 Å². The molecule has 4 rings (SSSR count). The lowest BCUT2D eigenvalue weighted by Gasteiger charge is -2.20. The van der Waals surface area contributed by atoms with Gasteiger partial charge in [0.2, 0.25) is 5.91 Å². The van der Waals surface area contributed by atoms with Crippen molar-refractivity contribution in [2.75, 3.05) is 5.32 Å². The van der Waals surface area contributed by atoms with Gasteiger partial charge in [0.15, 0.2) is 5.65 Å². The standard InChI is InChI=1S/C21H19N5O2/c1-13-5-6-18-15(7-13)9-17-20(25-18)23-12-26(21(17)28)11-19(27)24-16-4-2-3-14(8-16)10-22/h2-4,8-9,12-13H,5-7,11H2,1H3,(H,24,27)/t13-/m1/s1. The number of nitrogens with one attached hydrogen (secondary N) is 1. The molecule has 1 aromatic carbocycles. The van der Waals surface area contributed by atoms with E-state index in [4.69, 9.17) is 5.26 Å². The molecule has 1 atom stereocenters. The summed E-state index contributed by atoms with van der Waals surface area (Å²) in [7, 11) is 0. The van der Waals surface area contributed by atoms with E-state index in [1.54, 1.807) is 24.3 Å². The molecule has 0 spiro atoms. The van der Waals surface area contributed by atoms with Crippen molar-refractivity contribution in [2.45, 2.75) is 32.7 Å². The molecule has 0 fully saturated rings. The third-order valence-electron chi connectivity index (χ3n) is 5.01. The molecule has 0 bridgehead atoms. The van der Waals surface area contributed by atoms with E-state index in [-0.39, 0.29) is 18.0 Å². The minimum Gasteiger partial charge on any atom is -0.324 e. The van der Waals surface area contributed by atoms with Crippen molar-refractivity contribution in [1.82, 2.24) is 14.5 Å². The van der Waals surface area contributed by atoms with Gasteiger partial charge in [-0.15, -0.1) is 0 Å². The largest absolute Gasteiger partial charge is 0.324 e. The van der Waals surface area contributed by atoms with Gasteiger partial charge in [-0.3, -0.25) is 14.2 Å². The fourth-order valence-corrected chi connectivity index (χ4v) is 3.56. The van der Waals surface area contributed by atoms with Crippen LogP contribution in [0, 0.1) is 17.2 Å². The van der Waals surface area contributed by atoms with E-state index in [0.717, 1.165) is 30.5 Å². The van der Waals surface area contributed by atoms with E-state index in [9.17, 15) is 9.59 Å². The Morgan fingerprint density at radius 2 is 2.25 bits per heavy atom. The first kappa shape index (κ1) is 17.9. The van der Waals surface area contributed by atoms with Crippen molar-refractivity contribution in [2.24, 2.45) is 5.92 Å². The Labute approximate surface area is 161 Å². The zero-order valence-corrected chi connectivity index (χ0v) is 15.5. The second-order valence-electron chi connectivity index (χ2n) is 7.23. The van der Waals surface area contributed by atoms with Gasteiger partial charge in [-0.05, 0) is 55.0 Å². The zero-order chi connectivity index (χ0) is 19.7. The Morgan fingerprint density at radius 1 is 1.39 bits per heavy atom. The van der Waals surface area contributed by atoms with Gasteiger partial charge in [-0.2, -0.15) is 5.26 Å². The van der Waals surface area contributed by atoms with Crippen LogP contribution in [0.5, 0.6) is 0 Å². The smallest absolute Gasteiger partial charge is 0.263 e. The summed E-state index contributed by atoms with van der Waals surface area (Å²) in [6, 6.07) is 10.5. The van der Waals surface area contributed by atoms with E-state index in [0.29, 0.717) is 28.2 Å². The quantitative estimate of drug-likeness (QED) is 0.760. The van der Waals surface area contributed by atoms with Crippen LogP contribution in [-0.4, -0.2) is 20.4 Å². The molecule has 1 N–H and O–H groups in total. The van der Waals surface area contributed by atoms with Crippen molar-refractivity contribution >= 4 is 22.6 Å². The molecule has 0 aliphatic heterocycles. The van der Waals surface area contributed by atoms with Crippen molar-refractivity contribution in [3.63, 3.8) is 0 Å². The molecule has 3 aromatic rings. The molecule has 2 aromatic heterocycles. The highest BCUT2D eigenvalue weighted by Gasteiger charge is 2.19. The highest BCUT2D eigenvalue weighted by molar-refractivity contribution is 5.90. The third-order valence-corrected chi connectivity index (χ3v) is 5.01. The Hall–Kier alpha value is -3.53. The Kier molecular flexibility index (Phi) is 4.62. The number of aromatic nitrogens is 3. The number of anilines is 1. The highest BCUT2D eigenvalue weighted by atomic mass is 16.2. The Bertz CT molecular complexity index is 1180. The summed E-state index contributed by atoms with van der Waals surface area (Å²) < 4.78 is 1.28. The van der Waals surface area contributed by atoms with Gasteiger partial charge in [0.1, 0.15) is 12.9 Å². The van der Waals surface area contributed by atoms with Crippen molar-refractivity contribution in [3.05, 3.63) is 63.8 Å². The van der Waals surface area contributed by atoms with Crippen LogP contribution in [-0.2, 0) is 24.2 Å². The molecular formula is C21H19N5O2. The van der Waals surface area contributed by atoms with E-state index in [2.05, 4.69) is 22.2 Å². The van der Waals surface area contributed by atoms with Crippen molar-refractivity contribution < 1.29 is 4.79 Å². The molecular weight excluding hydrogens is 354 g/mol. The SMILES string of the molecule is C[C@@H]1CCc2nc3ncn(CC(=O)Nc4cccc(C#N)c4)c(=O)c3cc2C1. The van der Waals surface area contributed by atoms with E-state index in [1.165, 1.54) is 10.9 Å². The maximum absolute atomic E-state index is 12.8. The number of hydrogen-bond donors (Lipinski definition) is 1. The van der Waals surface area contributed by atoms with Crippen LogP contribution in [0.1, 0.15) is 30.2 Å². The topological polar surface area (TPSA) is 101 Å². The molecule has 0 radical (unpaired) electrons. The van der Waals surface area contributed by atoms with Crippen molar-refractivity contribution in [3.8, 4) is 6.07 Å². The second kappa shape index (κ2) is 7.24. The van der Waals surface area contributed by atoms with Crippen molar-refractivity contribution in [1.29, 1.82) is 5.26 Å². The van der Waals surface area contributed by atoms with Crippen LogP contribution in [0.15, 0.2) is 41.5 Å². The monoisotopic (exact) mass is 373 g/mol. The average Bonchev–Trinajstić information content (AvgIpc) is 2.69. The normalized spacial score (nSPS) is 15.6. The number of nitrogens with zero attached hydrogens (tertiary/aromatic N) is 4. The lowest BCUT2D eigenvalue weighted by atomic mass is 9.87. The number of fused-ring (bicyclic) bond motifs is 2. The fraction of sp³-hybridized carbons (Fsp3) is 0.286. The van der Waals surface area contributed by atoms with Gasteiger partial charge in [0.05, 0.1) is 17.0 Å². The lowest BCUT2D eigenvalue weighted by Crippen LogP contribution is -2.28. The molecule has 1 aliphatic rings. The second-order valence-corrected chi connectivity index (χ2v) is 7.23. The number of pyridine rings is 1. The minimum atomic E-state index is -0.363. The molecule has 2 heterocycles. The molecule has 7 nitrogen and oxygen atoms in total. The maximum Gasteiger partial charge on any atom is 0.263 e. The summed E-state index contributed by atoms with van der Waals surface area (Å²) in [5.74, 6) is 0.207. The van der Waals surface area contributed by atoms with Crippen LogP contribution in [0.3, 0.4) is 0 Å². The lowest BCUT2D eigenvalue weighted by molar-refractivity contribution is -0.116. The van der Waals surface area contributed by atoms with Gasteiger partial charge in [0, 0.05) is 11.4 Å². The van der Waals surface area contributed by atoms with E-state index >= 15 is 0 Å².